The highest BCUT2D eigenvalue weighted by molar-refractivity contribution is 7.20. The molecule has 4 nitrogen and oxygen atoms in total. The molecule has 0 bridgehead atoms. The van der Waals surface area contributed by atoms with Crippen LogP contribution in [0.4, 0.5) is 5.69 Å². The maximum Gasteiger partial charge on any atom is 0.265 e. The van der Waals surface area contributed by atoms with Gasteiger partial charge >= 0.3 is 0 Å². The average molecular weight is 340 g/mol. The number of benzene rings is 1. The summed E-state index contributed by atoms with van der Waals surface area (Å²) in [5.74, 6) is -0.195. The van der Waals surface area contributed by atoms with E-state index in [0.717, 1.165) is 15.9 Å². The number of aryl methyl sites for hydroxylation is 2. The van der Waals surface area contributed by atoms with Crippen molar-refractivity contribution >= 4 is 56.3 Å². The number of carbonyl (C=O) groups is 1. The first-order valence-corrected chi connectivity index (χ1v) is 7.72. The summed E-state index contributed by atoms with van der Waals surface area (Å²) in [6.07, 6.45) is 0. The van der Waals surface area contributed by atoms with E-state index >= 15 is 0 Å². The van der Waals surface area contributed by atoms with E-state index in [0.29, 0.717) is 20.6 Å². The molecule has 1 amide bonds. The van der Waals surface area contributed by atoms with Gasteiger partial charge in [-0.1, -0.05) is 23.2 Å². The highest BCUT2D eigenvalue weighted by Crippen LogP contribution is 2.30. The predicted molar refractivity (Wildman–Crippen MR) is 87.7 cm³/mol. The van der Waals surface area contributed by atoms with Gasteiger partial charge in [0.15, 0.2) is 0 Å². The molecule has 0 aliphatic heterocycles. The van der Waals surface area contributed by atoms with Gasteiger partial charge in [-0.05, 0) is 31.2 Å². The van der Waals surface area contributed by atoms with Crippen molar-refractivity contribution in [2.75, 3.05) is 5.32 Å². The quantitative estimate of drug-likeness (QED) is 0.746. The standard InChI is InChI=1S/C14H11Cl2N3OS/c1-7-9-6-12(21-14(9)19(2)18-7)13(20)17-11-4-3-8(15)5-10(11)16/h3-6H,1-2H3,(H,17,20). The van der Waals surface area contributed by atoms with Crippen molar-refractivity contribution in [3.05, 3.63) is 44.9 Å². The average Bonchev–Trinajstić information content (AvgIpc) is 2.96. The summed E-state index contributed by atoms with van der Waals surface area (Å²) in [6, 6.07) is 6.81. The Kier molecular flexibility index (Phi) is 3.65. The predicted octanol–water partition coefficient (Wildman–Crippen LogP) is 4.50. The van der Waals surface area contributed by atoms with Gasteiger partial charge in [-0.15, -0.1) is 11.3 Å². The number of carbonyl (C=O) groups excluding carboxylic acids is 1. The van der Waals surface area contributed by atoms with E-state index < -0.39 is 0 Å². The Bertz CT molecular complexity index is 819. The highest BCUT2D eigenvalue weighted by atomic mass is 35.5. The van der Waals surface area contributed by atoms with E-state index in [1.165, 1.54) is 11.3 Å². The van der Waals surface area contributed by atoms with Crippen LogP contribution in [0.25, 0.3) is 10.2 Å². The summed E-state index contributed by atoms with van der Waals surface area (Å²) >= 11 is 13.3. The van der Waals surface area contributed by atoms with Crippen molar-refractivity contribution in [1.29, 1.82) is 0 Å². The van der Waals surface area contributed by atoms with Crippen LogP contribution in [0.1, 0.15) is 15.4 Å². The van der Waals surface area contributed by atoms with Gasteiger partial charge in [0.25, 0.3) is 5.91 Å². The van der Waals surface area contributed by atoms with Crippen molar-refractivity contribution in [1.82, 2.24) is 9.78 Å². The second kappa shape index (κ2) is 5.33. The molecule has 7 heteroatoms. The molecular formula is C14H11Cl2N3OS. The van der Waals surface area contributed by atoms with Crippen LogP contribution >= 0.6 is 34.5 Å². The fourth-order valence-corrected chi connectivity index (χ4v) is 3.57. The minimum absolute atomic E-state index is 0.195. The molecule has 21 heavy (non-hydrogen) atoms. The van der Waals surface area contributed by atoms with Crippen LogP contribution in [-0.4, -0.2) is 15.7 Å². The molecule has 0 radical (unpaired) electrons. The monoisotopic (exact) mass is 339 g/mol. The number of amides is 1. The van der Waals surface area contributed by atoms with Gasteiger partial charge in [-0.3, -0.25) is 9.48 Å². The van der Waals surface area contributed by atoms with E-state index in [9.17, 15) is 4.79 Å². The second-order valence-corrected chi connectivity index (χ2v) is 6.49. The molecule has 2 aromatic heterocycles. The molecule has 0 atom stereocenters. The molecule has 0 aliphatic carbocycles. The van der Waals surface area contributed by atoms with Crippen molar-refractivity contribution in [2.45, 2.75) is 6.92 Å². The largest absolute Gasteiger partial charge is 0.320 e. The lowest BCUT2D eigenvalue weighted by Crippen LogP contribution is -2.10. The maximum absolute atomic E-state index is 12.3. The van der Waals surface area contributed by atoms with Gasteiger partial charge < -0.3 is 5.32 Å². The van der Waals surface area contributed by atoms with E-state index in [-0.39, 0.29) is 5.91 Å². The molecule has 108 valence electrons. The molecule has 0 saturated heterocycles. The van der Waals surface area contributed by atoms with E-state index in [2.05, 4.69) is 10.4 Å². The van der Waals surface area contributed by atoms with Crippen molar-refractivity contribution < 1.29 is 4.79 Å². The summed E-state index contributed by atoms with van der Waals surface area (Å²) in [4.78, 5) is 13.9. The number of fused-ring (bicyclic) bond motifs is 1. The number of hydrogen-bond donors (Lipinski definition) is 1. The van der Waals surface area contributed by atoms with Crippen LogP contribution in [-0.2, 0) is 7.05 Å². The maximum atomic E-state index is 12.3. The van der Waals surface area contributed by atoms with Gasteiger partial charge in [0.1, 0.15) is 4.83 Å². The minimum atomic E-state index is -0.195. The Hall–Kier alpha value is -1.56. The molecule has 0 fully saturated rings. The first-order valence-electron chi connectivity index (χ1n) is 6.15. The zero-order valence-corrected chi connectivity index (χ0v) is 13.6. The molecule has 1 N–H and O–H groups in total. The number of aromatic nitrogens is 2. The molecule has 0 unspecified atom stereocenters. The van der Waals surface area contributed by atoms with Crippen molar-refractivity contribution in [3.8, 4) is 0 Å². The van der Waals surface area contributed by atoms with E-state index in [4.69, 9.17) is 23.2 Å². The first-order chi connectivity index (χ1) is 9.95. The molecule has 3 rings (SSSR count). The smallest absolute Gasteiger partial charge is 0.265 e. The SMILES string of the molecule is Cc1nn(C)c2sc(C(=O)Nc3ccc(Cl)cc3Cl)cc12. The van der Waals surface area contributed by atoms with Crippen LogP contribution in [0.2, 0.25) is 10.0 Å². The fourth-order valence-electron chi connectivity index (χ4n) is 2.09. The lowest BCUT2D eigenvalue weighted by Gasteiger charge is -2.06. The third-order valence-electron chi connectivity index (χ3n) is 3.10. The summed E-state index contributed by atoms with van der Waals surface area (Å²) in [7, 11) is 1.86. The number of anilines is 1. The molecular weight excluding hydrogens is 329 g/mol. The Morgan fingerprint density at radius 3 is 2.76 bits per heavy atom. The zero-order valence-electron chi connectivity index (χ0n) is 11.3. The molecule has 2 heterocycles. The Labute approximate surface area is 135 Å². The van der Waals surface area contributed by atoms with Gasteiger partial charge in [-0.2, -0.15) is 5.10 Å². The van der Waals surface area contributed by atoms with Crippen LogP contribution in [0.15, 0.2) is 24.3 Å². The van der Waals surface area contributed by atoms with Gasteiger partial charge in [0.2, 0.25) is 0 Å². The lowest BCUT2D eigenvalue weighted by atomic mass is 10.3. The summed E-state index contributed by atoms with van der Waals surface area (Å²) in [6.45, 7) is 1.92. The molecule has 0 saturated carbocycles. The van der Waals surface area contributed by atoms with Gasteiger partial charge in [0.05, 0.1) is 21.3 Å². The Balaban J connectivity index is 1.91. The normalized spacial score (nSPS) is 11.0. The van der Waals surface area contributed by atoms with Crippen LogP contribution in [0.3, 0.4) is 0 Å². The number of hydrogen-bond acceptors (Lipinski definition) is 3. The molecule has 3 aromatic rings. The Morgan fingerprint density at radius 1 is 1.33 bits per heavy atom. The second-order valence-electron chi connectivity index (χ2n) is 4.62. The van der Waals surface area contributed by atoms with E-state index in [1.807, 2.05) is 20.0 Å². The topological polar surface area (TPSA) is 46.9 Å². The van der Waals surface area contributed by atoms with Crippen LogP contribution < -0.4 is 5.32 Å². The number of nitrogens with zero attached hydrogens (tertiary/aromatic N) is 2. The van der Waals surface area contributed by atoms with E-state index in [1.54, 1.807) is 22.9 Å². The zero-order chi connectivity index (χ0) is 15.1. The summed E-state index contributed by atoms with van der Waals surface area (Å²) < 4.78 is 1.78. The van der Waals surface area contributed by atoms with Gasteiger partial charge in [-0.25, -0.2) is 0 Å². The van der Waals surface area contributed by atoms with Gasteiger partial charge in [0, 0.05) is 17.5 Å². The molecule has 1 aromatic carbocycles. The van der Waals surface area contributed by atoms with Crippen molar-refractivity contribution in [2.24, 2.45) is 7.05 Å². The lowest BCUT2D eigenvalue weighted by molar-refractivity contribution is 0.103. The summed E-state index contributed by atoms with van der Waals surface area (Å²) in [5.41, 5.74) is 1.45. The number of thiophene rings is 1. The Morgan fingerprint density at radius 2 is 2.10 bits per heavy atom. The first kappa shape index (κ1) is 14.4. The number of nitrogens with one attached hydrogen (secondary N) is 1. The molecule has 0 aliphatic rings. The number of rotatable bonds is 2. The van der Waals surface area contributed by atoms with Crippen LogP contribution in [0, 0.1) is 6.92 Å². The third-order valence-corrected chi connectivity index (χ3v) is 4.85. The van der Waals surface area contributed by atoms with Crippen molar-refractivity contribution in [3.63, 3.8) is 0 Å². The fraction of sp³-hybridized carbons (Fsp3) is 0.143. The summed E-state index contributed by atoms with van der Waals surface area (Å²) in [5, 5.41) is 9.05. The number of halogens is 2. The minimum Gasteiger partial charge on any atom is -0.320 e. The third kappa shape index (κ3) is 2.64. The molecule has 0 spiro atoms. The van der Waals surface area contributed by atoms with Crippen LogP contribution in [0.5, 0.6) is 0 Å². The highest BCUT2D eigenvalue weighted by Gasteiger charge is 2.16.